The maximum absolute atomic E-state index is 12.1. The van der Waals surface area contributed by atoms with E-state index in [-0.39, 0.29) is 26.2 Å². The summed E-state index contributed by atoms with van der Waals surface area (Å²) in [5, 5.41) is 0. The van der Waals surface area contributed by atoms with E-state index in [0.717, 1.165) is 57.8 Å². The molecule has 2 unspecified atom stereocenters. The Morgan fingerprint density at radius 1 is 0.711 bits per heavy atom. The lowest BCUT2D eigenvalue weighted by atomic mass is 10.1. The van der Waals surface area contributed by atoms with Crippen molar-refractivity contribution in [1.82, 2.24) is 0 Å². The van der Waals surface area contributed by atoms with Crippen LogP contribution in [0.3, 0.4) is 0 Å². The van der Waals surface area contributed by atoms with Crippen molar-refractivity contribution in [3.63, 3.8) is 0 Å². The van der Waals surface area contributed by atoms with Gasteiger partial charge in [-0.05, 0) is 57.8 Å². The number of quaternary nitrogens is 1. The number of nitrogens with zero attached hydrogens (tertiary/aromatic N) is 1. The van der Waals surface area contributed by atoms with Crippen molar-refractivity contribution in [2.24, 2.45) is 0 Å². The van der Waals surface area contributed by atoms with Gasteiger partial charge in [-0.2, -0.15) is 0 Å². The highest BCUT2D eigenvalue weighted by atomic mass is 31.2. The zero-order chi connectivity index (χ0) is 33.5. The lowest BCUT2D eigenvalue weighted by molar-refractivity contribution is -0.870. The molecule has 0 saturated heterocycles. The van der Waals surface area contributed by atoms with Crippen molar-refractivity contribution in [2.45, 2.75) is 110 Å². The molecule has 9 heteroatoms. The zero-order valence-corrected chi connectivity index (χ0v) is 29.9. The fourth-order valence-corrected chi connectivity index (χ4v) is 4.69. The highest BCUT2D eigenvalue weighted by Crippen LogP contribution is 2.38. The number of ether oxygens (including phenoxy) is 2. The third-order valence-corrected chi connectivity index (χ3v) is 7.52. The van der Waals surface area contributed by atoms with E-state index in [9.17, 15) is 14.3 Å². The van der Waals surface area contributed by atoms with Gasteiger partial charge in [-0.3, -0.25) is 9.36 Å². The smallest absolute Gasteiger partial charge is 0.306 e. The molecule has 0 aromatic heterocycles. The first kappa shape index (κ1) is 43.2. The van der Waals surface area contributed by atoms with Crippen LogP contribution in [-0.2, 0) is 27.9 Å². The van der Waals surface area contributed by atoms with Crippen LogP contribution in [0.5, 0.6) is 0 Å². The molecule has 0 aliphatic rings. The second-order valence-electron chi connectivity index (χ2n) is 12.1. The van der Waals surface area contributed by atoms with Gasteiger partial charge in [0.25, 0.3) is 7.82 Å². The Morgan fingerprint density at radius 3 is 1.80 bits per heavy atom. The summed E-state index contributed by atoms with van der Waals surface area (Å²) in [7, 11) is 1.32. The van der Waals surface area contributed by atoms with E-state index in [1.807, 2.05) is 28.1 Å². The first-order valence-corrected chi connectivity index (χ1v) is 18.5. The number of likely N-dealkylation sites (N-methyl/N-ethyl adjacent to an activating group) is 1. The summed E-state index contributed by atoms with van der Waals surface area (Å²) in [6.07, 6.45) is 35.3. The minimum absolute atomic E-state index is 0.0183. The summed E-state index contributed by atoms with van der Waals surface area (Å²) in [4.78, 5) is 24.1. The molecule has 0 rings (SSSR count). The summed E-state index contributed by atoms with van der Waals surface area (Å²) in [6.45, 7) is 4.85. The van der Waals surface area contributed by atoms with E-state index in [1.165, 1.54) is 19.3 Å². The number of allylic oxidation sites excluding steroid dienone is 10. The second-order valence-corrected chi connectivity index (χ2v) is 13.6. The van der Waals surface area contributed by atoms with Crippen LogP contribution in [0.2, 0.25) is 0 Å². The van der Waals surface area contributed by atoms with Crippen molar-refractivity contribution < 1.29 is 37.3 Å². The van der Waals surface area contributed by atoms with Crippen molar-refractivity contribution in [3.05, 3.63) is 60.8 Å². The fourth-order valence-electron chi connectivity index (χ4n) is 3.96. The minimum atomic E-state index is -4.49. The number of phosphoric acid groups is 1. The molecule has 260 valence electrons. The highest BCUT2D eigenvalue weighted by molar-refractivity contribution is 7.45. The molecular weight excluding hydrogens is 589 g/mol. The Kier molecular flexibility index (Phi) is 28.4. The zero-order valence-electron chi connectivity index (χ0n) is 29.0. The van der Waals surface area contributed by atoms with Crippen LogP contribution in [0.15, 0.2) is 60.8 Å². The van der Waals surface area contributed by atoms with Gasteiger partial charge >= 0.3 is 5.97 Å². The summed E-state index contributed by atoms with van der Waals surface area (Å²) in [5.74, 6) is -0.397. The SMILES string of the molecule is CC/C=C\C/C=C\C/C=C\C/C=C\C/C=C\CCCCCCCCOCC(COP(=O)([O-])OCC[N+](C)(C)C)OC(=O)CCC. The van der Waals surface area contributed by atoms with Gasteiger partial charge in [0.1, 0.15) is 19.3 Å². The van der Waals surface area contributed by atoms with Crippen LogP contribution < -0.4 is 4.89 Å². The summed E-state index contributed by atoms with van der Waals surface area (Å²) >= 11 is 0. The highest BCUT2D eigenvalue weighted by Gasteiger charge is 2.20. The quantitative estimate of drug-likeness (QED) is 0.0253. The predicted octanol–water partition coefficient (Wildman–Crippen LogP) is 8.40. The third-order valence-electron chi connectivity index (χ3n) is 6.55. The van der Waals surface area contributed by atoms with Gasteiger partial charge in [0.05, 0.1) is 34.4 Å². The number of carbonyl (C=O) groups excluding carboxylic acids is 1. The lowest BCUT2D eigenvalue weighted by Gasteiger charge is -2.28. The maximum atomic E-state index is 12.1. The predicted molar refractivity (Wildman–Crippen MR) is 185 cm³/mol. The molecule has 0 N–H and O–H groups in total. The van der Waals surface area contributed by atoms with Crippen molar-refractivity contribution in [3.8, 4) is 0 Å². The molecule has 0 amide bonds. The molecule has 2 atom stereocenters. The number of carbonyl (C=O) groups is 1. The van der Waals surface area contributed by atoms with Gasteiger partial charge in [0.2, 0.25) is 0 Å². The number of hydrogen-bond donors (Lipinski definition) is 0. The molecule has 0 fully saturated rings. The molecule has 45 heavy (non-hydrogen) atoms. The molecule has 0 radical (unpaired) electrons. The molecule has 0 aromatic carbocycles. The number of hydrogen-bond acceptors (Lipinski definition) is 7. The van der Waals surface area contributed by atoms with E-state index in [2.05, 4.69) is 67.7 Å². The van der Waals surface area contributed by atoms with Crippen LogP contribution in [0.4, 0.5) is 0 Å². The van der Waals surface area contributed by atoms with Gasteiger partial charge in [-0.15, -0.1) is 0 Å². The summed E-state index contributed by atoms with van der Waals surface area (Å²) in [5.41, 5.74) is 0. The first-order valence-electron chi connectivity index (χ1n) is 17.0. The Morgan fingerprint density at radius 2 is 1.24 bits per heavy atom. The number of phosphoric ester groups is 1. The second kappa shape index (κ2) is 29.6. The molecule has 0 aromatic rings. The van der Waals surface area contributed by atoms with Crippen molar-refractivity contribution >= 4 is 13.8 Å². The van der Waals surface area contributed by atoms with E-state index in [0.29, 0.717) is 24.1 Å². The van der Waals surface area contributed by atoms with Gasteiger partial charge < -0.3 is 27.9 Å². The molecular formula is C36H64NO7P. The Labute approximate surface area is 275 Å². The normalized spacial score (nSPS) is 14.9. The Hall–Kier alpha value is -1.80. The van der Waals surface area contributed by atoms with Gasteiger partial charge in [-0.25, -0.2) is 0 Å². The van der Waals surface area contributed by atoms with E-state index >= 15 is 0 Å². The van der Waals surface area contributed by atoms with E-state index < -0.39 is 19.9 Å². The van der Waals surface area contributed by atoms with Crippen LogP contribution in [0.25, 0.3) is 0 Å². The van der Waals surface area contributed by atoms with E-state index in [4.69, 9.17) is 18.5 Å². The van der Waals surface area contributed by atoms with Gasteiger partial charge in [-0.1, -0.05) is 100 Å². The molecule has 0 aliphatic heterocycles. The number of esters is 1. The molecule has 0 saturated carbocycles. The van der Waals surface area contributed by atoms with Gasteiger partial charge in [0, 0.05) is 13.0 Å². The van der Waals surface area contributed by atoms with E-state index in [1.54, 1.807) is 0 Å². The minimum Gasteiger partial charge on any atom is -0.756 e. The van der Waals surface area contributed by atoms with Crippen LogP contribution in [-0.4, -0.2) is 70.7 Å². The summed E-state index contributed by atoms with van der Waals surface area (Å²) in [6, 6.07) is 0. The Balaban J connectivity index is 3.93. The van der Waals surface area contributed by atoms with Crippen molar-refractivity contribution in [1.29, 1.82) is 0 Å². The van der Waals surface area contributed by atoms with Crippen LogP contribution in [0, 0.1) is 0 Å². The molecule has 0 bridgehead atoms. The summed E-state index contributed by atoms with van der Waals surface area (Å²) < 4.78 is 33.7. The first-order chi connectivity index (χ1) is 21.6. The lowest BCUT2D eigenvalue weighted by Crippen LogP contribution is -2.37. The molecule has 0 heterocycles. The van der Waals surface area contributed by atoms with Crippen LogP contribution >= 0.6 is 7.82 Å². The monoisotopic (exact) mass is 653 g/mol. The molecule has 8 nitrogen and oxygen atoms in total. The number of unbranched alkanes of at least 4 members (excludes halogenated alkanes) is 6. The standard InChI is InChI=1S/C36H64NO7P/c1-6-8-9-10-11-12-13-14-15-16-17-18-19-20-21-22-23-24-25-26-27-28-31-41-33-35(44-36(38)29-7-2)34-43-45(39,40)42-32-30-37(3,4)5/h8-9,11-12,14-15,17-18,20-21,35H,6-7,10,13,16,19,22-34H2,1-5H3/b9-8-,12-11-,15-14-,18-17-,21-20-. The largest absolute Gasteiger partial charge is 0.756 e. The van der Waals surface area contributed by atoms with Crippen LogP contribution in [0.1, 0.15) is 104 Å². The topological polar surface area (TPSA) is 94.1 Å². The molecule has 0 aliphatic carbocycles. The fraction of sp³-hybridized carbons (Fsp3) is 0.694. The average Bonchev–Trinajstić information content (AvgIpc) is 2.97. The third kappa shape index (κ3) is 33.4. The van der Waals surface area contributed by atoms with Crippen molar-refractivity contribution in [2.75, 3.05) is 54.1 Å². The Bertz CT molecular complexity index is 906. The molecule has 0 spiro atoms. The average molecular weight is 654 g/mol. The van der Waals surface area contributed by atoms with Gasteiger partial charge in [0.15, 0.2) is 0 Å². The maximum Gasteiger partial charge on any atom is 0.306 e. The number of rotatable bonds is 30.